The van der Waals surface area contributed by atoms with E-state index in [1.165, 1.54) is 0 Å². The summed E-state index contributed by atoms with van der Waals surface area (Å²) in [5.41, 5.74) is 0. The molecular formula is C20H35NO16. The van der Waals surface area contributed by atoms with Crippen molar-refractivity contribution in [2.45, 2.75) is 99.0 Å². The van der Waals surface area contributed by atoms with Gasteiger partial charge in [0.1, 0.15) is 73.2 Å². The molecule has 0 unspecified atom stereocenters. The fraction of sp³-hybridized carbons (Fsp3) is 0.950. The van der Waals surface area contributed by atoms with Crippen molar-refractivity contribution >= 4 is 5.91 Å². The van der Waals surface area contributed by atoms with Gasteiger partial charge < -0.3 is 80.1 Å². The molecule has 0 aromatic heterocycles. The van der Waals surface area contributed by atoms with Crippen molar-refractivity contribution < 1.29 is 79.5 Å². The van der Waals surface area contributed by atoms with Crippen molar-refractivity contribution in [3.05, 3.63) is 0 Å². The highest BCUT2D eigenvalue weighted by molar-refractivity contribution is 5.73. The Bertz CT molecular complexity index is 745. The van der Waals surface area contributed by atoms with Gasteiger partial charge in [-0.05, 0) is 0 Å². The predicted octanol–water partition coefficient (Wildman–Crippen LogP) is -7.43. The quantitative estimate of drug-likeness (QED) is 0.135. The van der Waals surface area contributed by atoms with Crippen LogP contribution in [0, 0.1) is 0 Å². The summed E-state index contributed by atoms with van der Waals surface area (Å²) < 4.78 is 26.9. The second-order valence-corrected chi connectivity index (χ2v) is 9.11. The number of amides is 1. The van der Waals surface area contributed by atoms with E-state index in [0.29, 0.717) is 0 Å². The molecule has 15 atom stereocenters. The van der Waals surface area contributed by atoms with Crippen molar-refractivity contribution in [2.75, 3.05) is 19.8 Å². The summed E-state index contributed by atoms with van der Waals surface area (Å²) in [6.07, 6.45) is -22.7. The maximum atomic E-state index is 11.6. The first-order valence-corrected chi connectivity index (χ1v) is 11.6. The summed E-state index contributed by atoms with van der Waals surface area (Å²) in [6, 6.07) is -1.37. The Morgan fingerprint density at radius 1 is 0.703 bits per heavy atom. The number of aliphatic hydroxyl groups excluding tert-OH is 10. The molecular weight excluding hydrogens is 510 g/mol. The molecule has 216 valence electrons. The number of nitrogens with one attached hydrogen (secondary N) is 1. The fourth-order valence-corrected chi connectivity index (χ4v) is 4.36. The van der Waals surface area contributed by atoms with Gasteiger partial charge in [-0.15, -0.1) is 0 Å². The van der Waals surface area contributed by atoms with Crippen LogP contribution < -0.4 is 5.32 Å². The zero-order chi connectivity index (χ0) is 27.6. The van der Waals surface area contributed by atoms with Gasteiger partial charge >= 0.3 is 0 Å². The van der Waals surface area contributed by atoms with E-state index in [2.05, 4.69) is 5.32 Å². The number of carbonyl (C=O) groups excluding carboxylic acids is 1. The molecule has 3 aliphatic heterocycles. The van der Waals surface area contributed by atoms with Crippen molar-refractivity contribution in [2.24, 2.45) is 0 Å². The summed E-state index contributed by atoms with van der Waals surface area (Å²) in [6.45, 7) is -0.974. The van der Waals surface area contributed by atoms with Crippen LogP contribution in [0.3, 0.4) is 0 Å². The Hall–Kier alpha value is -1.13. The van der Waals surface area contributed by atoms with Crippen molar-refractivity contribution in [3.8, 4) is 0 Å². The molecule has 0 aliphatic carbocycles. The predicted molar refractivity (Wildman–Crippen MR) is 113 cm³/mol. The summed E-state index contributed by atoms with van der Waals surface area (Å²) in [7, 11) is 0. The van der Waals surface area contributed by atoms with Gasteiger partial charge in [-0.3, -0.25) is 4.79 Å². The van der Waals surface area contributed by atoms with Gasteiger partial charge in [-0.25, -0.2) is 0 Å². The molecule has 0 spiro atoms. The molecule has 11 N–H and O–H groups in total. The molecule has 0 radical (unpaired) electrons. The monoisotopic (exact) mass is 545 g/mol. The average molecular weight is 545 g/mol. The Labute approximate surface area is 210 Å². The molecule has 0 saturated carbocycles. The smallest absolute Gasteiger partial charge is 0.217 e. The Kier molecular flexibility index (Phi) is 10.5. The lowest BCUT2D eigenvalue weighted by molar-refractivity contribution is -0.354. The van der Waals surface area contributed by atoms with E-state index < -0.39 is 118 Å². The van der Waals surface area contributed by atoms with Crippen LogP contribution in [0.25, 0.3) is 0 Å². The summed E-state index contributed by atoms with van der Waals surface area (Å²) in [5.74, 6) is -0.626. The highest BCUT2D eigenvalue weighted by Crippen LogP contribution is 2.30. The van der Waals surface area contributed by atoms with Gasteiger partial charge in [0.05, 0.1) is 19.8 Å². The van der Waals surface area contributed by atoms with Crippen molar-refractivity contribution in [1.29, 1.82) is 0 Å². The fourth-order valence-electron chi connectivity index (χ4n) is 4.36. The highest BCUT2D eigenvalue weighted by atomic mass is 16.7. The molecule has 17 heteroatoms. The molecule has 3 saturated heterocycles. The van der Waals surface area contributed by atoms with E-state index in [0.717, 1.165) is 6.92 Å². The molecule has 0 aromatic carbocycles. The molecule has 1 amide bonds. The third kappa shape index (κ3) is 6.55. The maximum absolute atomic E-state index is 11.6. The summed E-state index contributed by atoms with van der Waals surface area (Å²) in [4.78, 5) is 11.6. The van der Waals surface area contributed by atoms with E-state index in [1.807, 2.05) is 0 Å². The normalized spacial score (nSPS) is 49.0. The minimum atomic E-state index is -1.83. The summed E-state index contributed by atoms with van der Waals surface area (Å²) in [5, 5.41) is 102. The van der Waals surface area contributed by atoms with E-state index in [4.69, 9.17) is 23.7 Å². The first-order valence-electron chi connectivity index (χ1n) is 11.6. The van der Waals surface area contributed by atoms with Gasteiger partial charge in [0.15, 0.2) is 18.9 Å². The SMILES string of the molecule is CC(=O)N[C@H]1[C@@H](O[C@@H]2[C@H](O)[C@@H](O)[C@H](OC[C@H]3O[C@H](O)[C@H](O)[C@@H](O)[C@H]3O)O[C@@H]2CO)O[C@H](CO)[C@@H](O)[C@@H]1O. The number of aliphatic hydroxyl groups is 10. The van der Waals surface area contributed by atoms with Gasteiger partial charge in [-0.1, -0.05) is 0 Å². The Morgan fingerprint density at radius 3 is 1.89 bits per heavy atom. The van der Waals surface area contributed by atoms with Gasteiger partial charge in [-0.2, -0.15) is 0 Å². The van der Waals surface area contributed by atoms with Crippen LogP contribution in [0.2, 0.25) is 0 Å². The lowest BCUT2D eigenvalue weighted by Gasteiger charge is -2.47. The highest BCUT2D eigenvalue weighted by Gasteiger charge is 2.52. The standard InChI is InChI=1S/C20H35NO16/c1-5(24)21-9-12(27)10(25)6(2-22)35-19(9)37-17-7(3-23)36-20(16(31)14(17)29)33-4-8-11(26)13(28)15(30)18(32)34-8/h6-20,22-23,25-32H,2-4H2,1H3,(H,21,24)/t6-,7-,8-,9-,10-,11+,12-,13+,14-,15-,16-,17+,18+,19-,20-/m1/s1. The second-order valence-electron chi connectivity index (χ2n) is 9.11. The minimum absolute atomic E-state index is 0.585. The Balaban J connectivity index is 1.69. The van der Waals surface area contributed by atoms with E-state index in [1.54, 1.807) is 0 Å². The summed E-state index contributed by atoms with van der Waals surface area (Å²) >= 11 is 0. The van der Waals surface area contributed by atoms with Crippen LogP contribution in [-0.4, -0.2) is 169 Å². The van der Waals surface area contributed by atoms with Gasteiger partial charge in [0.2, 0.25) is 5.91 Å². The van der Waals surface area contributed by atoms with Gasteiger partial charge in [0, 0.05) is 6.92 Å². The zero-order valence-electron chi connectivity index (χ0n) is 19.7. The van der Waals surface area contributed by atoms with Crippen LogP contribution >= 0.6 is 0 Å². The molecule has 0 aromatic rings. The lowest BCUT2D eigenvalue weighted by atomic mass is 9.95. The van der Waals surface area contributed by atoms with Crippen LogP contribution in [0.5, 0.6) is 0 Å². The van der Waals surface area contributed by atoms with E-state index in [9.17, 15) is 55.9 Å². The zero-order valence-corrected chi connectivity index (χ0v) is 19.7. The van der Waals surface area contributed by atoms with E-state index >= 15 is 0 Å². The molecule has 37 heavy (non-hydrogen) atoms. The number of carbonyl (C=O) groups is 1. The lowest BCUT2D eigenvalue weighted by Crippen LogP contribution is -2.67. The second kappa shape index (κ2) is 12.8. The van der Waals surface area contributed by atoms with Crippen LogP contribution in [-0.2, 0) is 28.5 Å². The first-order chi connectivity index (χ1) is 17.4. The number of hydrogen-bond donors (Lipinski definition) is 11. The third-order valence-corrected chi connectivity index (χ3v) is 6.47. The maximum Gasteiger partial charge on any atom is 0.217 e. The molecule has 3 rings (SSSR count). The first kappa shape index (κ1) is 30.4. The molecule has 3 heterocycles. The topological polar surface area (TPSA) is 278 Å². The van der Waals surface area contributed by atoms with Crippen molar-refractivity contribution in [3.63, 3.8) is 0 Å². The average Bonchev–Trinajstić information content (AvgIpc) is 2.86. The number of rotatable bonds is 8. The molecule has 17 nitrogen and oxygen atoms in total. The molecule has 3 aliphatic rings. The Morgan fingerprint density at radius 2 is 1.30 bits per heavy atom. The van der Waals surface area contributed by atoms with Gasteiger partial charge in [0.25, 0.3) is 0 Å². The van der Waals surface area contributed by atoms with Crippen LogP contribution in [0.15, 0.2) is 0 Å². The third-order valence-electron chi connectivity index (χ3n) is 6.47. The molecule has 0 bridgehead atoms. The number of ether oxygens (including phenoxy) is 5. The van der Waals surface area contributed by atoms with Crippen molar-refractivity contribution in [1.82, 2.24) is 5.32 Å². The molecule has 3 fully saturated rings. The van der Waals surface area contributed by atoms with Crippen LogP contribution in [0.4, 0.5) is 0 Å². The largest absolute Gasteiger partial charge is 0.394 e. The van der Waals surface area contributed by atoms with E-state index in [-0.39, 0.29) is 0 Å². The van der Waals surface area contributed by atoms with Crippen LogP contribution in [0.1, 0.15) is 6.92 Å². The number of hydrogen-bond acceptors (Lipinski definition) is 16. The minimum Gasteiger partial charge on any atom is -0.394 e.